The lowest BCUT2D eigenvalue weighted by atomic mass is 9.98. The molecule has 0 radical (unpaired) electrons. The van der Waals surface area contributed by atoms with E-state index in [0.29, 0.717) is 31.1 Å². The summed E-state index contributed by atoms with van der Waals surface area (Å²) >= 11 is 0. The number of piperidine rings is 1. The van der Waals surface area contributed by atoms with Crippen molar-refractivity contribution in [2.45, 2.75) is 65.6 Å². The van der Waals surface area contributed by atoms with Crippen molar-refractivity contribution in [3.63, 3.8) is 0 Å². The highest BCUT2D eigenvalue weighted by Crippen LogP contribution is 2.33. The quantitative estimate of drug-likeness (QED) is 0.505. The van der Waals surface area contributed by atoms with Gasteiger partial charge in [-0.25, -0.2) is 4.79 Å². The normalized spacial score (nSPS) is 16.8. The van der Waals surface area contributed by atoms with Crippen molar-refractivity contribution in [1.29, 1.82) is 0 Å². The molecule has 0 saturated carbocycles. The van der Waals surface area contributed by atoms with Crippen LogP contribution in [0.15, 0.2) is 42.6 Å². The second kappa shape index (κ2) is 9.60. The third kappa shape index (κ3) is 4.97. The zero-order valence-electron chi connectivity index (χ0n) is 21.8. The topological polar surface area (TPSA) is 67.7 Å². The molecule has 3 aromatic rings. The van der Waals surface area contributed by atoms with Gasteiger partial charge in [0.25, 0.3) is 5.91 Å². The molecule has 0 spiro atoms. The summed E-state index contributed by atoms with van der Waals surface area (Å²) in [4.78, 5) is 34.6. The number of fused-ring (bicyclic) bond motifs is 3. The van der Waals surface area contributed by atoms with Crippen molar-refractivity contribution < 1.29 is 14.3 Å². The highest BCUT2D eigenvalue weighted by Gasteiger charge is 2.30. The predicted octanol–water partition coefficient (Wildman–Crippen LogP) is 5.25. The molecule has 4 heterocycles. The molecule has 7 heteroatoms. The smallest absolute Gasteiger partial charge is 0.410 e. The zero-order valence-corrected chi connectivity index (χ0v) is 21.8. The fraction of sp³-hybridized carbons (Fsp3) is 0.483. The first-order chi connectivity index (χ1) is 17.2. The van der Waals surface area contributed by atoms with Crippen molar-refractivity contribution >= 4 is 22.9 Å². The standard InChI is InChI=1S/C29H36N4O3/c1-20-10-14-31(15-11-20)27(34)21-8-9-25-23(17-21)24-19-32(28(35)36-29(2,3)4)16-12-26(24)33(25)18-22-7-5-6-13-30-22/h5-9,13,17,20H,10-12,14-16,18-19H2,1-4H3. The summed E-state index contributed by atoms with van der Waals surface area (Å²) < 4.78 is 7.97. The maximum atomic E-state index is 13.4. The van der Waals surface area contributed by atoms with Gasteiger partial charge in [0.05, 0.1) is 18.8 Å². The molecule has 2 amide bonds. The first-order valence-electron chi connectivity index (χ1n) is 13.0. The number of aromatic nitrogens is 2. The maximum absolute atomic E-state index is 13.4. The highest BCUT2D eigenvalue weighted by atomic mass is 16.6. The van der Waals surface area contributed by atoms with Crippen LogP contribution < -0.4 is 0 Å². The van der Waals surface area contributed by atoms with Gasteiger partial charge < -0.3 is 19.1 Å². The Morgan fingerprint density at radius 2 is 1.83 bits per heavy atom. The lowest BCUT2D eigenvalue weighted by Crippen LogP contribution is -2.40. The molecule has 1 fully saturated rings. The monoisotopic (exact) mass is 488 g/mol. The van der Waals surface area contributed by atoms with Gasteiger partial charge in [0, 0.05) is 60.0 Å². The van der Waals surface area contributed by atoms with E-state index in [-0.39, 0.29) is 12.0 Å². The Balaban J connectivity index is 1.52. The van der Waals surface area contributed by atoms with E-state index in [1.165, 1.54) is 5.69 Å². The molecule has 190 valence electrons. The molecular weight excluding hydrogens is 452 g/mol. The third-order valence-corrected chi connectivity index (χ3v) is 7.27. The van der Waals surface area contributed by atoms with Crippen LogP contribution in [0.2, 0.25) is 0 Å². The van der Waals surface area contributed by atoms with Crippen molar-refractivity contribution in [3.05, 3.63) is 65.1 Å². The zero-order chi connectivity index (χ0) is 25.4. The number of carbonyl (C=O) groups is 2. The van der Waals surface area contributed by atoms with E-state index in [9.17, 15) is 9.59 Å². The van der Waals surface area contributed by atoms with Crippen LogP contribution in [0, 0.1) is 5.92 Å². The van der Waals surface area contributed by atoms with Crippen LogP contribution in [-0.2, 0) is 24.2 Å². The number of ether oxygens (including phenoxy) is 1. The fourth-order valence-corrected chi connectivity index (χ4v) is 5.29. The third-order valence-electron chi connectivity index (χ3n) is 7.27. The number of hydrogen-bond acceptors (Lipinski definition) is 4. The van der Waals surface area contributed by atoms with Crippen LogP contribution >= 0.6 is 0 Å². The van der Waals surface area contributed by atoms with Crippen molar-refractivity contribution in [2.24, 2.45) is 5.92 Å². The van der Waals surface area contributed by atoms with E-state index in [2.05, 4.69) is 22.5 Å². The van der Waals surface area contributed by atoms with Crippen LogP contribution in [0.4, 0.5) is 4.79 Å². The van der Waals surface area contributed by atoms with Gasteiger partial charge in [-0.3, -0.25) is 9.78 Å². The van der Waals surface area contributed by atoms with Crippen LogP contribution in [0.1, 0.15) is 67.8 Å². The maximum Gasteiger partial charge on any atom is 0.410 e. The van der Waals surface area contributed by atoms with Crippen LogP contribution in [0.3, 0.4) is 0 Å². The van der Waals surface area contributed by atoms with E-state index < -0.39 is 5.60 Å². The van der Waals surface area contributed by atoms with Crippen LogP contribution in [0.5, 0.6) is 0 Å². The van der Waals surface area contributed by atoms with Crippen LogP contribution in [-0.4, -0.2) is 56.6 Å². The first-order valence-corrected chi connectivity index (χ1v) is 13.0. The summed E-state index contributed by atoms with van der Waals surface area (Å²) in [5.41, 5.74) is 4.52. The van der Waals surface area contributed by atoms with E-state index in [1.807, 2.05) is 62.2 Å². The van der Waals surface area contributed by atoms with Gasteiger partial charge in [0.15, 0.2) is 0 Å². The minimum atomic E-state index is -0.546. The van der Waals surface area contributed by atoms with Gasteiger partial charge in [0.2, 0.25) is 0 Å². The molecular formula is C29H36N4O3. The van der Waals surface area contributed by atoms with Gasteiger partial charge >= 0.3 is 6.09 Å². The van der Waals surface area contributed by atoms with E-state index in [4.69, 9.17) is 4.74 Å². The largest absolute Gasteiger partial charge is 0.444 e. The Morgan fingerprint density at radius 1 is 1.06 bits per heavy atom. The number of carbonyl (C=O) groups excluding carboxylic acids is 2. The number of nitrogens with zero attached hydrogens (tertiary/aromatic N) is 4. The molecule has 7 nitrogen and oxygen atoms in total. The minimum Gasteiger partial charge on any atom is -0.444 e. The minimum absolute atomic E-state index is 0.0924. The SMILES string of the molecule is CC1CCN(C(=O)c2ccc3c(c2)c2c(n3Cc3ccccn3)CCN(C(=O)OC(C)(C)C)C2)CC1. The predicted molar refractivity (Wildman–Crippen MR) is 140 cm³/mol. The summed E-state index contributed by atoms with van der Waals surface area (Å²) in [7, 11) is 0. The molecule has 1 saturated heterocycles. The molecule has 1 aromatic carbocycles. The molecule has 5 rings (SSSR count). The number of amides is 2. The Bertz CT molecular complexity index is 1270. The van der Waals surface area contributed by atoms with Crippen LogP contribution in [0.25, 0.3) is 10.9 Å². The summed E-state index contributed by atoms with van der Waals surface area (Å²) in [6.45, 7) is 11.2. The van der Waals surface area contributed by atoms with Gasteiger partial charge in [-0.05, 0) is 69.9 Å². The molecule has 36 heavy (non-hydrogen) atoms. The second-order valence-electron chi connectivity index (χ2n) is 11.2. The van der Waals surface area contributed by atoms with E-state index in [1.54, 1.807) is 4.90 Å². The summed E-state index contributed by atoms with van der Waals surface area (Å²) in [6.07, 6.45) is 4.34. The Kier molecular flexibility index (Phi) is 6.49. The highest BCUT2D eigenvalue weighted by molar-refractivity contribution is 5.99. The molecule has 2 aliphatic heterocycles. The number of likely N-dealkylation sites (tertiary alicyclic amines) is 1. The Labute approximate surface area is 213 Å². The molecule has 2 aliphatic rings. The second-order valence-corrected chi connectivity index (χ2v) is 11.2. The average Bonchev–Trinajstić information content (AvgIpc) is 3.16. The van der Waals surface area contributed by atoms with Crippen molar-refractivity contribution in [3.8, 4) is 0 Å². The Hall–Kier alpha value is -3.35. The summed E-state index contributed by atoms with van der Waals surface area (Å²) in [5, 5.41) is 1.03. The number of benzene rings is 1. The van der Waals surface area contributed by atoms with Crippen molar-refractivity contribution in [2.75, 3.05) is 19.6 Å². The number of pyridine rings is 1. The molecule has 0 bridgehead atoms. The lowest BCUT2D eigenvalue weighted by molar-refractivity contribution is 0.0223. The number of hydrogen-bond donors (Lipinski definition) is 0. The molecule has 0 atom stereocenters. The molecule has 2 aromatic heterocycles. The summed E-state index contributed by atoms with van der Waals surface area (Å²) in [6, 6.07) is 12.0. The molecule has 0 N–H and O–H groups in total. The van der Waals surface area contributed by atoms with Gasteiger partial charge in [-0.2, -0.15) is 0 Å². The van der Waals surface area contributed by atoms with Gasteiger partial charge in [-0.15, -0.1) is 0 Å². The van der Waals surface area contributed by atoms with Gasteiger partial charge in [-0.1, -0.05) is 13.0 Å². The van der Waals surface area contributed by atoms with E-state index in [0.717, 1.165) is 54.5 Å². The van der Waals surface area contributed by atoms with Gasteiger partial charge in [0.1, 0.15) is 5.60 Å². The molecule has 0 unspecified atom stereocenters. The molecule has 0 aliphatic carbocycles. The fourth-order valence-electron chi connectivity index (χ4n) is 5.29. The number of rotatable bonds is 3. The Morgan fingerprint density at radius 3 is 2.53 bits per heavy atom. The van der Waals surface area contributed by atoms with E-state index >= 15 is 0 Å². The first kappa shape index (κ1) is 24.3. The summed E-state index contributed by atoms with van der Waals surface area (Å²) in [5.74, 6) is 0.762. The van der Waals surface area contributed by atoms with Crippen molar-refractivity contribution in [1.82, 2.24) is 19.4 Å². The average molecular weight is 489 g/mol. The lowest BCUT2D eigenvalue weighted by Gasteiger charge is -2.31.